The van der Waals surface area contributed by atoms with Crippen LogP contribution in [0.15, 0.2) is 53.7 Å². The van der Waals surface area contributed by atoms with Gasteiger partial charge in [-0.2, -0.15) is 0 Å². The van der Waals surface area contributed by atoms with Gasteiger partial charge in [-0.3, -0.25) is 0 Å². The molecule has 0 atom stereocenters. The van der Waals surface area contributed by atoms with Gasteiger partial charge in [0.2, 0.25) is 0 Å². The predicted molar refractivity (Wildman–Crippen MR) is 131 cm³/mol. The molecule has 0 heterocycles. The first-order valence-corrected chi connectivity index (χ1v) is 11.3. The van der Waals surface area contributed by atoms with Gasteiger partial charge in [-0.05, 0) is 74.4 Å². The van der Waals surface area contributed by atoms with E-state index in [0.717, 1.165) is 58.7 Å². The number of ether oxygens (including phenoxy) is 3. The summed E-state index contributed by atoms with van der Waals surface area (Å²) in [6.45, 7) is 10.8. The van der Waals surface area contributed by atoms with Gasteiger partial charge in [0.15, 0.2) is 0 Å². The second kappa shape index (κ2) is 14.3. The maximum atomic E-state index is 6.03. The van der Waals surface area contributed by atoms with Crippen LogP contribution < -0.4 is 9.47 Å². The lowest BCUT2D eigenvalue weighted by Gasteiger charge is -2.14. The van der Waals surface area contributed by atoms with E-state index in [1.807, 2.05) is 31.2 Å². The monoisotopic (exact) mass is 439 g/mol. The fourth-order valence-corrected chi connectivity index (χ4v) is 3.36. The molecule has 0 spiro atoms. The number of rotatable bonds is 14. The van der Waals surface area contributed by atoms with E-state index in [-0.39, 0.29) is 0 Å². The number of benzene rings is 2. The van der Waals surface area contributed by atoms with E-state index in [2.05, 4.69) is 50.2 Å². The summed E-state index contributed by atoms with van der Waals surface area (Å²) < 4.78 is 17.6. The average Bonchev–Trinajstić information content (AvgIpc) is 2.79. The fourth-order valence-electron chi connectivity index (χ4n) is 3.36. The quantitative estimate of drug-likeness (QED) is 0.148. The highest BCUT2D eigenvalue weighted by atomic mass is 16.6. The van der Waals surface area contributed by atoms with Crippen molar-refractivity contribution in [1.82, 2.24) is 0 Å². The zero-order valence-electron chi connectivity index (χ0n) is 20.1. The van der Waals surface area contributed by atoms with Crippen LogP contribution in [0.5, 0.6) is 11.5 Å². The van der Waals surface area contributed by atoms with E-state index < -0.39 is 0 Å². The summed E-state index contributed by atoms with van der Waals surface area (Å²) in [6, 6.07) is 12.4. The molecule has 2 aromatic carbocycles. The van der Waals surface area contributed by atoms with Crippen molar-refractivity contribution in [3.63, 3.8) is 0 Å². The van der Waals surface area contributed by atoms with Crippen LogP contribution in [-0.2, 0) is 16.2 Å². The van der Waals surface area contributed by atoms with Crippen molar-refractivity contribution < 1.29 is 19.0 Å². The Balaban J connectivity index is 1.68. The number of unbranched alkanes of at least 4 members (excludes halogenated alkanes) is 1. The van der Waals surface area contributed by atoms with E-state index >= 15 is 0 Å². The van der Waals surface area contributed by atoms with Gasteiger partial charge in [-0.25, -0.2) is 0 Å². The second-order valence-corrected chi connectivity index (χ2v) is 7.65. The molecule has 5 heteroatoms. The van der Waals surface area contributed by atoms with Crippen molar-refractivity contribution in [2.24, 2.45) is 5.16 Å². The van der Waals surface area contributed by atoms with E-state index in [0.29, 0.717) is 26.4 Å². The fraction of sp³-hybridized carbons (Fsp3) is 0.444. The lowest BCUT2D eigenvalue weighted by molar-refractivity contribution is 0.113. The largest absolute Gasteiger partial charge is 0.493 e. The molecule has 0 aliphatic heterocycles. The smallest absolute Gasteiger partial charge is 0.125 e. The van der Waals surface area contributed by atoms with Gasteiger partial charge in [-0.1, -0.05) is 48.5 Å². The molecule has 0 aliphatic rings. The minimum atomic E-state index is 0.585. The summed E-state index contributed by atoms with van der Waals surface area (Å²) in [5, 5.41) is 4.06. The molecule has 0 bridgehead atoms. The lowest BCUT2D eigenvalue weighted by Crippen LogP contribution is -2.04. The van der Waals surface area contributed by atoms with Crippen LogP contribution in [0, 0.1) is 13.8 Å². The van der Waals surface area contributed by atoms with E-state index in [1.54, 1.807) is 7.11 Å². The third-order valence-corrected chi connectivity index (χ3v) is 5.04. The Kier molecular flexibility index (Phi) is 11.4. The van der Waals surface area contributed by atoms with Crippen molar-refractivity contribution in [2.45, 2.75) is 53.6 Å². The highest BCUT2D eigenvalue weighted by Gasteiger charge is 2.07. The molecule has 0 aromatic heterocycles. The van der Waals surface area contributed by atoms with Crippen LogP contribution in [-0.4, -0.2) is 32.6 Å². The SMILES string of the molecule is C/C=C/COc1cc(C)c(OCCCCOCc2ccc(/C(CC)=N/OC)cc2)c(C)c1. The molecule has 32 heavy (non-hydrogen) atoms. The van der Waals surface area contributed by atoms with Crippen LogP contribution in [0.2, 0.25) is 0 Å². The van der Waals surface area contributed by atoms with Gasteiger partial charge in [0.25, 0.3) is 0 Å². The molecule has 0 saturated carbocycles. The number of aryl methyl sites for hydroxylation is 2. The molecular weight excluding hydrogens is 402 g/mol. The number of hydrogen-bond acceptors (Lipinski definition) is 5. The third-order valence-electron chi connectivity index (χ3n) is 5.04. The van der Waals surface area contributed by atoms with Crippen LogP contribution in [0.4, 0.5) is 0 Å². The van der Waals surface area contributed by atoms with Gasteiger partial charge >= 0.3 is 0 Å². The summed E-state index contributed by atoms with van der Waals surface area (Å²) >= 11 is 0. The Labute approximate surface area is 193 Å². The maximum absolute atomic E-state index is 6.03. The topological polar surface area (TPSA) is 49.3 Å². The maximum Gasteiger partial charge on any atom is 0.125 e. The zero-order valence-corrected chi connectivity index (χ0v) is 20.1. The predicted octanol–water partition coefficient (Wildman–Crippen LogP) is 6.39. The van der Waals surface area contributed by atoms with Gasteiger partial charge in [0.1, 0.15) is 25.2 Å². The standard InChI is InChI=1S/C27H37NO4/c1-6-8-16-31-25-18-21(3)27(22(4)19-25)32-17-10-9-15-30-20-23-11-13-24(14-12-23)26(7-2)28-29-5/h6,8,11-14,18-19H,7,9-10,15-17,20H2,1-5H3/b8-6+,28-26+. The average molecular weight is 440 g/mol. The highest BCUT2D eigenvalue weighted by Crippen LogP contribution is 2.28. The summed E-state index contributed by atoms with van der Waals surface area (Å²) in [7, 11) is 1.57. The second-order valence-electron chi connectivity index (χ2n) is 7.65. The van der Waals surface area contributed by atoms with Gasteiger partial charge in [-0.15, -0.1) is 0 Å². The summed E-state index contributed by atoms with van der Waals surface area (Å²) in [4.78, 5) is 4.90. The van der Waals surface area contributed by atoms with E-state index in [4.69, 9.17) is 19.0 Å². The first-order valence-electron chi connectivity index (χ1n) is 11.3. The third kappa shape index (κ3) is 8.39. The normalized spacial score (nSPS) is 11.7. The van der Waals surface area contributed by atoms with Crippen molar-refractivity contribution in [3.05, 3.63) is 70.8 Å². The Bertz CT molecular complexity index is 849. The number of nitrogens with zero attached hydrogens (tertiary/aromatic N) is 1. The number of oxime groups is 1. The van der Waals surface area contributed by atoms with Gasteiger partial charge in [0, 0.05) is 6.61 Å². The summed E-state index contributed by atoms with van der Waals surface area (Å²) in [6.07, 6.45) is 6.72. The summed E-state index contributed by atoms with van der Waals surface area (Å²) in [5.41, 5.74) is 5.38. The molecule has 2 aromatic rings. The van der Waals surface area contributed by atoms with Crippen molar-refractivity contribution in [2.75, 3.05) is 26.9 Å². The summed E-state index contributed by atoms with van der Waals surface area (Å²) in [5.74, 6) is 1.83. The van der Waals surface area contributed by atoms with Crippen LogP contribution >= 0.6 is 0 Å². The van der Waals surface area contributed by atoms with Crippen LogP contribution in [0.3, 0.4) is 0 Å². The molecule has 0 unspecified atom stereocenters. The Morgan fingerprint density at radius 1 is 0.969 bits per heavy atom. The van der Waals surface area contributed by atoms with Crippen molar-refractivity contribution in [1.29, 1.82) is 0 Å². The van der Waals surface area contributed by atoms with E-state index in [9.17, 15) is 0 Å². The molecule has 2 rings (SSSR count). The Morgan fingerprint density at radius 2 is 1.66 bits per heavy atom. The zero-order chi connectivity index (χ0) is 23.2. The first kappa shape index (κ1) is 25.5. The molecule has 0 aliphatic carbocycles. The van der Waals surface area contributed by atoms with Crippen LogP contribution in [0.25, 0.3) is 0 Å². The minimum absolute atomic E-state index is 0.585. The molecule has 0 saturated heterocycles. The van der Waals surface area contributed by atoms with Crippen molar-refractivity contribution in [3.8, 4) is 11.5 Å². The Morgan fingerprint density at radius 3 is 2.28 bits per heavy atom. The number of allylic oxidation sites excluding steroid dienone is 1. The minimum Gasteiger partial charge on any atom is -0.493 e. The molecular formula is C27H37NO4. The molecule has 5 nitrogen and oxygen atoms in total. The molecule has 0 fully saturated rings. The van der Waals surface area contributed by atoms with Crippen LogP contribution in [0.1, 0.15) is 55.4 Å². The van der Waals surface area contributed by atoms with Gasteiger partial charge < -0.3 is 19.0 Å². The Hall–Kier alpha value is -2.79. The number of hydrogen-bond donors (Lipinski definition) is 0. The van der Waals surface area contributed by atoms with Crippen molar-refractivity contribution >= 4 is 5.71 Å². The van der Waals surface area contributed by atoms with Gasteiger partial charge in [0.05, 0.1) is 18.9 Å². The van der Waals surface area contributed by atoms with E-state index in [1.165, 1.54) is 0 Å². The molecule has 0 amide bonds. The highest BCUT2D eigenvalue weighted by molar-refractivity contribution is 6.00. The lowest BCUT2D eigenvalue weighted by atomic mass is 10.1. The molecule has 0 N–H and O–H groups in total. The molecule has 0 radical (unpaired) electrons. The molecule has 174 valence electrons. The first-order chi connectivity index (χ1) is 15.6.